The normalized spacial score (nSPS) is 15.9. The zero-order valence-electron chi connectivity index (χ0n) is 17.9. The molecule has 1 saturated heterocycles. The van der Waals surface area contributed by atoms with Gasteiger partial charge in [0.05, 0.1) is 23.0 Å². The van der Waals surface area contributed by atoms with Crippen LogP contribution in [-0.2, 0) is 4.79 Å². The molecule has 180 valence electrons. The van der Waals surface area contributed by atoms with Crippen molar-refractivity contribution in [2.24, 2.45) is 10.7 Å². The molecule has 0 radical (unpaired) electrons. The highest BCUT2D eigenvalue weighted by atomic mass is 35.5. The third-order valence-corrected chi connectivity index (χ3v) is 5.48. The van der Waals surface area contributed by atoms with E-state index in [0.717, 1.165) is 6.08 Å². The molecular formula is C23H22ClF3N4O3. The summed E-state index contributed by atoms with van der Waals surface area (Å²) in [6, 6.07) is 12.4. The molecule has 0 spiro atoms. The molecule has 2 aromatic rings. The van der Waals surface area contributed by atoms with Crippen molar-refractivity contribution in [2.75, 3.05) is 32.7 Å². The number of para-hydroxylation sites is 1. The Balaban J connectivity index is 1.83. The number of alkyl halides is 3. The minimum absolute atomic E-state index is 0.0655. The summed E-state index contributed by atoms with van der Waals surface area (Å²) in [5, 5.41) is 9.14. The second-order valence-corrected chi connectivity index (χ2v) is 7.99. The Kier molecular flexibility index (Phi) is 7.95. The first-order valence-corrected chi connectivity index (χ1v) is 10.6. The summed E-state index contributed by atoms with van der Waals surface area (Å²) in [5.74, 6) is -1.18. The van der Waals surface area contributed by atoms with Crippen molar-refractivity contribution in [3.63, 3.8) is 0 Å². The zero-order chi connectivity index (χ0) is 24.9. The highest BCUT2D eigenvalue weighted by Crippen LogP contribution is 2.27. The first kappa shape index (κ1) is 25.3. The predicted octanol–water partition coefficient (Wildman–Crippen LogP) is 3.71. The van der Waals surface area contributed by atoms with Gasteiger partial charge in [-0.15, -0.1) is 0 Å². The van der Waals surface area contributed by atoms with E-state index in [9.17, 15) is 22.8 Å². The van der Waals surface area contributed by atoms with Crippen LogP contribution in [0, 0.1) is 0 Å². The van der Waals surface area contributed by atoms with Crippen LogP contribution in [0.25, 0.3) is 0 Å². The maximum Gasteiger partial charge on any atom is 0.430 e. The molecule has 2 aromatic carbocycles. The molecule has 0 saturated carbocycles. The van der Waals surface area contributed by atoms with Gasteiger partial charge in [0.25, 0.3) is 5.91 Å². The van der Waals surface area contributed by atoms with Crippen LogP contribution in [0.1, 0.15) is 15.9 Å². The van der Waals surface area contributed by atoms with Gasteiger partial charge < -0.3 is 15.7 Å². The van der Waals surface area contributed by atoms with Crippen LogP contribution in [0.2, 0.25) is 5.02 Å². The van der Waals surface area contributed by atoms with Crippen molar-refractivity contribution in [3.05, 3.63) is 76.5 Å². The average molecular weight is 495 g/mol. The van der Waals surface area contributed by atoms with Crippen LogP contribution >= 0.6 is 11.6 Å². The summed E-state index contributed by atoms with van der Waals surface area (Å²) in [6.07, 6.45) is -4.01. The van der Waals surface area contributed by atoms with E-state index in [1.165, 1.54) is 24.3 Å². The number of hydrogen-bond acceptors (Lipinski definition) is 5. The van der Waals surface area contributed by atoms with Crippen LogP contribution in [-0.4, -0.2) is 71.4 Å². The Labute approximate surface area is 198 Å². The molecular weight excluding hydrogens is 473 g/mol. The Bertz CT molecular complexity index is 1110. The molecule has 0 atom stereocenters. The summed E-state index contributed by atoms with van der Waals surface area (Å²) >= 11 is 6.11. The second-order valence-electron chi connectivity index (χ2n) is 7.59. The molecule has 0 unspecified atom stereocenters. The van der Waals surface area contributed by atoms with E-state index in [1.54, 1.807) is 34.1 Å². The molecule has 0 aliphatic carbocycles. The van der Waals surface area contributed by atoms with Gasteiger partial charge in [0, 0.05) is 37.3 Å². The van der Waals surface area contributed by atoms with Gasteiger partial charge in [0.15, 0.2) is 0 Å². The third-order valence-electron chi connectivity index (χ3n) is 5.16. The first-order chi connectivity index (χ1) is 16.0. The molecule has 3 N–H and O–H groups in total. The van der Waals surface area contributed by atoms with Crippen molar-refractivity contribution in [3.8, 4) is 0 Å². The predicted molar refractivity (Wildman–Crippen MR) is 122 cm³/mol. The van der Waals surface area contributed by atoms with E-state index in [4.69, 9.17) is 22.4 Å². The smallest absolute Gasteiger partial charge is 0.430 e. The lowest BCUT2D eigenvalue weighted by molar-refractivity contribution is -0.138. The molecule has 0 bridgehead atoms. The molecule has 1 amide bonds. The van der Waals surface area contributed by atoms with Crippen LogP contribution in [0.5, 0.6) is 0 Å². The molecule has 1 aliphatic heterocycles. The number of piperazine rings is 1. The van der Waals surface area contributed by atoms with Gasteiger partial charge in [-0.25, -0.2) is 4.99 Å². The van der Waals surface area contributed by atoms with Crippen molar-refractivity contribution >= 4 is 34.9 Å². The minimum atomic E-state index is -4.74. The number of nitrogens with two attached hydrogens (primary N) is 1. The van der Waals surface area contributed by atoms with E-state index in [2.05, 4.69) is 4.99 Å². The molecule has 0 aromatic heterocycles. The molecule has 3 rings (SSSR count). The number of carbonyl (C=O) groups is 2. The number of halogens is 4. The Morgan fingerprint density at radius 3 is 2.18 bits per heavy atom. The maximum absolute atomic E-state index is 13.1. The quantitative estimate of drug-likeness (QED) is 0.596. The summed E-state index contributed by atoms with van der Waals surface area (Å²) in [6.45, 7) is 1.53. The van der Waals surface area contributed by atoms with E-state index in [1.807, 2.05) is 0 Å². The van der Waals surface area contributed by atoms with Gasteiger partial charge in [0.1, 0.15) is 5.70 Å². The Morgan fingerprint density at radius 1 is 1.03 bits per heavy atom. The summed E-state index contributed by atoms with van der Waals surface area (Å²) in [4.78, 5) is 31.3. The fraction of sp³-hybridized carbons (Fsp3) is 0.261. The van der Waals surface area contributed by atoms with Crippen molar-refractivity contribution in [2.45, 2.75) is 6.18 Å². The number of aliphatic imine (C=N–C) groups is 1. The number of benzene rings is 2. The number of hydrogen-bond donors (Lipinski definition) is 2. The van der Waals surface area contributed by atoms with E-state index < -0.39 is 17.8 Å². The van der Waals surface area contributed by atoms with Crippen molar-refractivity contribution in [1.82, 2.24) is 9.80 Å². The van der Waals surface area contributed by atoms with Gasteiger partial charge in [-0.2, -0.15) is 13.2 Å². The second kappa shape index (κ2) is 10.7. The largest absolute Gasteiger partial charge is 0.480 e. The van der Waals surface area contributed by atoms with Gasteiger partial charge in [-0.3, -0.25) is 14.5 Å². The molecule has 1 aliphatic rings. The minimum Gasteiger partial charge on any atom is -0.480 e. The van der Waals surface area contributed by atoms with Gasteiger partial charge in [-0.1, -0.05) is 35.9 Å². The molecule has 1 fully saturated rings. The maximum atomic E-state index is 13.1. The number of carboxylic acids is 1. The molecule has 34 heavy (non-hydrogen) atoms. The number of carbonyl (C=O) groups excluding carboxylic acids is 1. The average Bonchev–Trinajstić information content (AvgIpc) is 2.79. The fourth-order valence-electron chi connectivity index (χ4n) is 3.35. The first-order valence-electron chi connectivity index (χ1n) is 10.3. The zero-order valence-corrected chi connectivity index (χ0v) is 18.7. The monoisotopic (exact) mass is 494 g/mol. The fourth-order valence-corrected chi connectivity index (χ4v) is 3.53. The van der Waals surface area contributed by atoms with Crippen LogP contribution in [0.3, 0.4) is 0 Å². The van der Waals surface area contributed by atoms with Gasteiger partial charge >= 0.3 is 12.1 Å². The summed E-state index contributed by atoms with van der Waals surface area (Å²) in [7, 11) is 0. The van der Waals surface area contributed by atoms with E-state index >= 15 is 0 Å². The lowest BCUT2D eigenvalue weighted by Crippen LogP contribution is -2.49. The number of nitrogens with zero attached hydrogens (tertiary/aromatic N) is 3. The number of carboxylic acid groups (broad SMARTS) is 1. The number of allylic oxidation sites excluding steroid dienone is 2. The number of amides is 1. The van der Waals surface area contributed by atoms with E-state index in [-0.39, 0.29) is 28.9 Å². The SMILES string of the molecule is NC(=CC(=Nc1ccccc1Cl)c1ccc(C(=O)N2CCN(CC(=O)O)CC2)cc1)C(F)(F)F. The lowest BCUT2D eigenvalue weighted by Gasteiger charge is -2.33. The summed E-state index contributed by atoms with van der Waals surface area (Å²) < 4.78 is 39.2. The summed E-state index contributed by atoms with van der Waals surface area (Å²) in [5.41, 5.74) is 4.76. The molecule has 11 heteroatoms. The van der Waals surface area contributed by atoms with Crippen molar-refractivity contribution in [1.29, 1.82) is 0 Å². The standard InChI is InChI=1S/C23H22ClF3N4O3/c24-17-3-1-2-4-18(17)29-19(13-20(28)23(25,26)27)15-5-7-16(8-6-15)22(34)31-11-9-30(10-12-31)14-21(32)33/h1-8,13H,9-12,14,28H2,(H,32,33). The number of aliphatic carboxylic acids is 1. The van der Waals surface area contributed by atoms with Crippen molar-refractivity contribution < 1.29 is 27.9 Å². The van der Waals surface area contributed by atoms with Crippen LogP contribution in [0.4, 0.5) is 18.9 Å². The molecule has 1 heterocycles. The Hall–Kier alpha value is -3.37. The number of rotatable bonds is 6. The topological polar surface area (TPSA) is 99.2 Å². The van der Waals surface area contributed by atoms with Crippen LogP contribution in [0.15, 0.2) is 65.3 Å². The Morgan fingerprint density at radius 2 is 1.62 bits per heavy atom. The van der Waals surface area contributed by atoms with E-state index in [0.29, 0.717) is 37.3 Å². The van der Waals surface area contributed by atoms with Gasteiger partial charge in [0.2, 0.25) is 0 Å². The third kappa shape index (κ3) is 6.58. The molecule has 7 nitrogen and oxygen atoms in total. The van der Waals surface area contributed by atoms with Crippen LogP contribution < -0.4 is 5.73 Å². The lowest BCUT2D eigenvalue weighted by atomic mass is 10.0. The van der Waals surface area contributed by atoms with Gasteiger partial charge in [-0.05, 0) is 30.3 Å². The highest BCUT2D eigenvalue weighted by Gasteiger charge is 2.32. The highest BCUT2D eigenvalue weighted by molar-refractivity contribution is 6.33.